The first kappa shape index (κ1) is 15.0. The maximum atomic E-state index is 11.4. The van der Waals surface area contributed by atoms with Crippen LogP contribution in [-0.2, 0) is 12.8 Å². The van der Waals surface area contributed by atoms with Crippen molar-refractivity contribution in [2.45, 2.75) is 64.6 Å². The highest BCUT2D eigenvalue weighted by Crippen LogP contribution is 2.37. The van der Waals surface area contributed by atoms with E-state index in [2.05, 4.69) is 6.92 Å². The Labute approximate surface area is 121 Å². The molecule has 2 rings (SSSR count). The highest BCUT2D eigenvalue weighted by molar-refractivity contribution is 5.83. The van der Waals surface area contributed by atoms with Gasteiger partial charge in [-0.1, -0.05) is 31.9 Å². The maximum Gasteiger partial charge on any atom is 0.154 e. The van der Waals surface area contributed by atoms with Gasteiger partial charge in [-0.15, -0.1) is 0 Å². The number of aliphatic hydroxyl groups is 1. The van der Waals surface area contributed by atoms with Gasteiger partial charge in [0.2, 0.25) is 0 Å². The number of benzene rings is 1. The van der Waals surface area contributed by atoms with Crippen LogP contribution in [0, 0.1) is 0 Å². The van der Waals surface area contributed by atoms with E-state index in [4.69, 9.17) is 4.74 Å². The monoisotopic (exact) mass is 276 g/mol. The lowest BCUT2D eigenvalue weighted by Gasteiger charge is -2.24. The molecule has 1 atom stereocenters. The van der Waals surface area contributed by atoms with Crippen molar-refractivity contribution < 1.29 is 14.6 Å². The van der Waals surface area contributed by atoms with Crippen LogP contribution in [0.5, 0.6) is 5.75 Å². The number of carbonyl (C=O) groups excluding carboxylic acids is 1. The molecule has 1 N–H and O–H groups in total. The van der Waals surface area contributed by atoms with Gasteiger partial charge in [-0.25, -0.2) is 0 Å². The van der Waals surface area contributed by atoms with Crippen molar-refractivity contribution in [3.8, 4) is 5.75 Å². The summed E-state index contributed by atoms with van der Waals surface area (Å²) in [6, 6.07) is 4.07. The molecule has 0 fully saturated rings. The molecule has 0 amide bonds. The van der Waals surface area contributed by atoms with Crippen LogP contribution in [0.4, 0.5) is 0 Å². The predicted octanol–water partition coefficient (Wildman–Crippen LogP) is 3.31. The van der Waals surface area contributed by atoms with E-state index in [1.165, 1.54) is 12.8 Å². The summed E-state index contributed by atoms with van der Waals surface area (Å²) in [6.07, 6.45) is 5.61. The summed E-state index contributed by atoms with van der Waals surface area (Å²) >= 11 is 0. The molecule has 0 bridgehead atoms. The normalized spacial score (nSPS) is 17.7. The fourth-order valence-corrected chi connectivity index (χ4v) is 2.68. The van der Waals surface area contributed by atoms with Crippen molar-refractivity contribution >= 4 is 6.29 Å². The molecule has 0 aromatic heterocycles. The highest BCUT2D eigenvalue weighted by Gasteiger charge is 2.36. The molecule has 1 aromatic carbocycles. The van der Waals surface area contributed by atoms with Gasteiger partial charge in [0.1, 0.15) is 11.9 Å². The molecular formula is C17H24O3. The Morgan fingerprint density at radius 1 is 1.40 bits per heavy atom. The van der Waals surface area contributed by atoms with Crippen LogP contribution >= 0.6 is 0 Å². The third-order valence-electron chi connectivity index (χ3n) is 3.99. The predicted molar refractivity (Wildman–Crippen MR) is 79.5 cm³/mol. The van der Waals surface area contributed by atoms with Crippen molar-refractivity contribution in [2.24, 2.45) is 0 Å². The largest absolute Gasteiger partial charge is 0.486 e. The summed E-state index contributed by atoms with van der Waals surface area (Å²) in [5, 5.41) is 10.1. The van der Waals surface area contributed by atoms with Gasteiger partial charge in [-0.2, -0.15) is 0 Å². The fourth-order valence-electron chi connectivity index (χ4n) is 2.68. The van der Waals surface area contributed by atoms with Crippen LogP contribution in [0.1, 0.15) is 61.5 Å². The lowest BCUT2D eigenvalue weighted by Crippen LogP contribution is -2.39. The molecule has 1 aromatic rings. The first-order valence-electron chi connectivity index (χ1n) is 7.46. The molecule has 0 aliphatic carbocycles. The summed E-state index contributed by atoms with van der Waals surface area (Å²) in [5.41, 5.74) is 1.86. The minimum absolute atomic E-state index is 0.276. The second-order valence-electron chi connectivity index (χ2n) is 6.17. The van der Waals surface area contributed by atoms with Crippen molar-refractivity contribution in [3.05, 3.63) is 28.8 Å². The number of aldehydes is 1. The standard InChI is InChI=1S/C17H24O3/c1-4-5-6-7-12-8-9-13-10-15(17(2,3)19)20-16(13)14(12)11-18/h8-9,11,15,19H,4-7,10H2,1-3H3/t15-/m1/s1. The van der Waals surface area contributed by atoms with E-state index in [0.29, 0.717) is 17.7 Å². The van der Waals surface area contributed by atoms with Gasteiger partial charge in [0.25, 0.3) is 0 Å². The minimum Gasteiger partial charge on any atom is -0.486 e. The van der Waals surface area contributed by atoms with Gasteiger partial charge < -0.3 is 9.84 Å². The number of fused-ring (bicyclic) bond motifs is 1. The van der Waals surface area contributed by atoms with Crippen LogP contribution in [0.2, 0.25) is 0 Å². The highest BCUT2D eigenvalue weighted by atomic mass is 16.5. The zero-order chi connectivity index (χ0) is 14.8. The third kappa shape index (κ3) is 3.04. The Hall–Kier alpha value is -1.35. The van der Waals surface area contributed by atoms with E-state index >= 15 is 0 Å². The molecular weight excluding hydrogens is 252 g/mol. The van der Waals surface area contributed by atoms with E-state index in [0.717, 1.165) is 30.3 Å². The minimum atomic E-state index is -0.901. The number of unbranched alkanes of at least 4 members (excludes halogenated alkanes) is 2. The van der Waals surface area contributed by atoms with Crippen LogP contribution in [-0.4, -0.2) is 23.1 Å². The average molecular weight is 276 g/mol. The molecule has 0 spiro atoms. The Kier molecular flexibility index (Phi) is 4.48. The van der Waals surface area contributed by atoms with Crippen molar-refractivity contribution in [3.63, 3.8) is 0 Å². The molecule has 0 saturated heterocycles. The molecule has 3 heteroatoms. The third-order valence-corrected chi connectivity index (χ3v) is 3.99. The molecule has 110 valence electrons. The Balaban J connectivity index is 2.24. The maximum absolute atomic E-state index is 11.4. The topological polar surface area (TPSA) is 46.5 Å². The van der Waals surface area contributed by atoms with E-state index in [1.54, 1.807) is 13.8 Å². The summed E-state index contributed by atoms with van der Waals surface area (Å²) < 4.78 is 5.86. The van der Waals surface area contributed by atoms with Gasteiger partial charge in [0.05, 0.1) is 11.2 Å². The van der Waals surface area contributed by atoms with Crippen molar-refractivity contribution in [1.29, 1.82) is 0 Å². The second kappa shape index (κ2) is 5.96. The lowest BCUT2D eigenvalue weighted by atomic mass is 9.94. The van der Waals surface area contributed by atoms with E-state index in [1.807, 2.05) is 12.1 Å². The molecule has 1 aliphatic heterocycles. The van der Waals surface area contributed by atoms with Crippen LogP contribution in [0.3, 0.4) is 0 Å². The van der Waals surface area contributed by atoms with Gasteiger partial charge in [0, 0.05) is 6.42 Å². The Bertz CT molecular complexity index is 486. The number of carbonyl (C=O) groups is 1. The van der Waals surface area contributed by atoms with Crippen LogP contribution in [0.25, 0.3) is 0 Å². The average Bonchev–Trinajstić information content (AvgIpc) is 2.82. The summed E-state index contributed by atoms with van der Waals surface area (Å²) in [6.45, 7) is 5.65. The number of hydrogen-bond donors (Lipinski definition) is 1. The molecule has 0 saturated carbocycles. The quantitative estimate of drug-likeness (QED) is 0.640. The SMILES string of the molecule is CCCCCc1ccc2c(c1C=O)O[C@@H](C(C)(C)O)C2. The first-order chi connectivity index (χ1) is 9.47. The smallest absolute Gasteiger partial charge is 0.154 e. The van der Waals surface area contributed by atoms with Gasteiger partial charge in [-0.3, -0.25) is 4.79 Å². The lowest BCUT2D eigenvalue weighted by molar-refractivity contribution is -0.0231. The van der Waals surface area contributed by atoms with Crippen LogP contribution in [0.15, 0.2) is 12.1 Å². The van der Waals surface area contributed by atoms with Gasteiger partial charge in [-0.05, 0) is 37.8 Å². The van der Waals surface area contributed by atoms with Gasteiger partial charge >= 0.3 is 0 Å². The molecule has 3 nitrogen and oxygen atoms in total. The Morgan fingerprint density at radius 3 is 2.75 bits per heavy atom. The second-order valence-corrected chi connectivity index (χ2v) is 6.17. The molecule has 0 unspecified atom stereocenters. The summed E-state index contributed by atoms with van der Waals surface area (Å²) in [7, 11) is 0. The zero-order valence-corrected chi connectivity index (χ0v) is 12.6. The van der Waals surface area contributed by atoms with E-state index in [-0.39, 0.29) is 6.10 Å². The molecule has 1 aliphatic rings. The summed E-state index contributed by atoms with van der Waals surface area (Å²) in [4.78, 5) is 11.4. The number of hydrogen-bond acceptors (Lipinski definition) is 3. The summed E-state index contributed by atoms with van der Waals surface area (Å²) in [5.74, 6) is 0.682. The van der Waals surface area contributed by atoms with Crippen LogP contribution < -0.4 is 4.74 Å². The number of rotatable bonds is 6. The molecule has 1 heterocycles. The Morgan fingerprint density at radius 2 is 2.15 bits per heavy atom. The number of aryl methyl sites for hydroxylation is 1. The van der Waals surface area contributed by atoms with E-state index in [9.17, 15) is 9.90 Å². The molecule has 20 heavy (non-hydrogen) atoms. The van der Waals surface area contributed by atoms with Crippen molar-refractivity contribution in [1.82, 2.24) is 0 Å². The fraction of sp³-hybridized carbons (Fsp3) is 0.588. The van der Waals surface area contributed by atoms with Gasteiger partial charge in [0.15, 0.2) is 6.29 Å². The first-order valence-corrected chi connectivity index (χ1v) is 7.46. The number of ether oxygens (including phenoxy) is 1. The zero-order valence-electron chi connectivity index (χ0n) is 12.6. The van der Waals surface area contributed by atoms with E-state index < -0.39 is 5.60 Å². The molecule has 0 radical (unpaired) electrons. The van der Waals surface area contributed by atoms with Crippen molar-refractivity contribution in [2.75, 3.05) is 0 Å².